The highest BCUT2D eigenvalue weighted by molar-refractivity contribution is 7.98. The van der Waals surface area contributed by atoms with E-state index in [2.05, 4.69) is 11.6 Å². The maximum Gasteiger partial charge on any atom is 0.133 e. The molecule has 2 aromatic carbocycles. The monoisotopic (exact) mass is 293 g/mol. The highest BCUT2D eigenvalue weighted by Crippen LogP contribution is 2.29. The molecule has 0 aliphatic heterocycles. The zero-order valence-electron chi connectivity index (χ0n) is 10.9. The van der Waals surface area contributed by atoms with E-state index in [0.29, 0.717) is 5.02 Å². The molecule has 2 nitrogen and oxygen atoms in total. The summed E-state index contributed by atoms with van der Waals surface area (Å²) >= 11 is 7.74. The first-order valence-corrected chi connectivity index (χ1v) is 7.58. The normalized spacial score (nSPS) is 10.5. The molecule has 0 radical (unpaired) electrons. The molecule has 19 heavy (non-hydrogen) atoms. The van der Waals surface area contributed by atoms with Crippen molar-refractivity contribution in [1.82, 2.24) is 5.32 Å². The van der Waals surface area contributed by atoms with E-state index in [1.165, 1.54) is 4.90 Å². The van der Waals surface area contributed by atoms with Crippen molar-refractivity contribution >= 4 is 23.4 Å². The Kier molecular flexibility index (Phi) is 5.14. The molecule has 4 heteroatoms. The first-order chi connectivity index (χ1) is 9.22. The molecule has 0 saturated heterocycles. The van der Waals surface area contributed by atoms with Crippen LogP contribution in [0.1, 0.15) is 5.56 Å². The van der Waals surface area contributed by atoms with Crippen molar-refractivity contribution in [2.45, 2.75) is 11.4 Å². The maximum atomic E-state index is 6.03. The number of halogens is 1. The summed E-state index contributed by atoms with van der Waals surface area (Å²) < 4.78 is 5.91. The molecule has 2 aromatic rings. The van der Waals surface area contributed by atoms with E-state index in [4.69, 9.17) is 16.3 Å². The lowest BCUT2D eigenvalue weighted by atomic mass is 10.2. The van der Waals surface area contributed by atoms with Crippen LogP contribution < -0.4 is 10.1 Å². The van der Waals surface area contributed by atoms with Crippen molar-refractivity contribution in [3.8, 4) is 11.5 Å². The van der Waals surface area contributed by atoms with Gasteiger partial charge in [0.15, 0.2) is 0 Å². The van der Waals surface area contributed by atoms with Gasteiger partial charge in [-0.3, -0.25) is 0 Å². The van der Waals surface area contributed by atoms with Crippen LogP contribution >= 0.6 is 23.4 Å². The molecule has 1 N–H and O–H groups in total. The quantitative estimate of drug-likeness (QED) is 0.816. The van der Waals surface area contributed by atoms with Gasteiger partial charge in [-0.25, -0.2) is 0 Å². The van der Waals surface area contributed by atoms with Gasteiger partial charge in [0.05, 0.1) is 0 Å². The Labute approximate surface area is 123 Å². The lowest BCUT2D eigenvalue weighted by molar-refractivity contribution is 0.474. The van der Waals surface area contributed by atoms with Crippen molar-refractivity contribution in [1.29, 1.82) is 0 Å². The Hall–Kier alpha value is -1.16. The second-order valence-corrected chi connectivity index (χ2v) is 5.38. The van der Waals surface area contributed by atoms with E-state index in [-0.39, 0.29) is 0 Å². The fraction of sp³-hybridized carbons (Fsp3) is 0.200. The summed E-state index contributed by atoms with van der Waals surface area (Å²) in [6, 6.07) is 13.7. The van der Waals surface area contributed by atoms with E-state index in [1.807, 2.05) is 49.5 Å². The van der Waals surface area contributed by atoms with Gasteiger partial charge < -0.3 is 10.1 Å². The molecule has 0 heterocycles. The van der Waals surface area contributed by atoms with Crippen LogP contribution in [0.2, 0.25) is 5.02 Å². The van der Waals surface area contributed by atoms with E-state index in [9.17, 15) is 0 Å². The van der Waals surface area contributed by atoms with Crippen molar-refractivity contribution in [3.05, 3.63) is 53.1 Å². The highest BCUT2D eigenvalue weighted by Gasteiger charge is 2.05. The Morgan fingerprint density at radius 1 is 1.16 bits per heavy atom. The Morgan fingerprint density at radius 2 is 1.89 bits per heavy atom. The number of rotatable bonds is 5. The Balaban J connectivity index is 2.23. The molecule has 0 fully saturated rings. The molecule has 100 valence electrons. The molecule has 0 saturated carbocycles. The predicted molar refractivity (Wildman–Crippen MR) is 82.5 cm³/mol. The summed E-state index contributed by atoms with van der Waals surface area (Å²) in [4.78, 5) is 1.22. The molecule has 0 atom stereocenters. The number of nitrogens with one attached hydrogen (secondary N) is 1. The van der Waals surface area contributed by atoms with Gasteiger partial charge in [0.25, 0.3) is 0 Å². The third kappa shape index (κ3) is 3.90. The molecular weight excluding hydrogens is 278 g/mol. The van der Waals surface area contributed by atoms with Crippen molar-refractivity contribution in [3.63, 3.8) is 0 Å². The van der Waals surface area contributed by atoms with Gasteiger partial charge in [-0.05, 0) is 49.7 Å². The van der Waals surface area contributed by atoms with Crippen LogP contribution in [0.3, 0.4) is 0 Å². The number of thioether (sulfide) groups is 1. The van der Waals surface area contributed by atoms with Crippen molar-refractivity contribution in [2.24, 2.45) is 0 Å². The third-order valence-electron chi connectivity index (χ3n) is 2.68. The minimum absolute atomic E-state index is 0.676. The highest BCUT2D eigenvalue weighted by atomic mass is 35.5. The summed E-state index contributed by atoms with van der Waals surface area (Å²) in [5.41, 5.74) is 1.08. The number of hydrogen-bond donors (Lipinski definition) is 1. The summed E-state index contributed by atoms with van der Waals surface area (Å²) in [6.07, 6.45) is 2.05. The summed E-state index contributed by atoms with van der Waals surface area (Å²) in [6.45, 7) is 0.745. The first kappa shape index (κ1) is 14.3. The summed E-state index contributed by atoms with van der Waals surface area (Å²) in [5, 5.41) is 3.80. The van der Waals surface area contributed by atoms with Crippen LogP contribution in [0.5, 0.6) is 11.5 Å². The molecule has 0 unspecified atom stereocenters. The summed E-state index contributed by atoms with van der Waals surface area (Å²) in [5.74, 6) is 1.61. The largest absolute Gasteiger partial charge is 0.457 e. The first-order valence-electron chi connectivity index (χ1n) is 5.98. The average molecular weight is 294 g/mol. The van der Waals surface area contributed by atoms with Gasteiger partial charge in [0.1, 0.15) is 11.5 Å². The standard InChI is InChI=1S/C15H16ClNOS/c1-17-10-11-3-4-12(16)9-15(11)18-13-5-7-14(19-2)8-6-13/h3-9,17H,10H2,1-2H3. The van der Waals surface area contributed by atoms with Crippen LogP contribution in [0.15, 0.2) is 47.4 Å². The number of benzene rings is 2. The smallest absolute Gasteiger partial charge is 0.133 e. The third-order valence-corrected chi connectivity index (χ3v) is 3.66. The van der Waals surface area contributed by atoms with Crippen LogP contribution in [0, 0.1) is 0 Å². The lowest BCUT2D eigenvalue weighted by Gasteiger charge is -2.11. The average Bonchev–Trinajstić information content (AvgIpc) is 2.43. The van der Waals surface area contributed by atoms with Gasteiger partial charge in [0.2, 0.25) is 0 Å². The van der Waals surface area contributed by atoms with E-state index in [0.717, 1.165) is 23.6 Å². The van der Waals surface area contributed by atoms with Gasteiger partial charge in [0, 0.05) is 22.0 Å². The van der Waals surface area contributed by atoms with Crippen molar-refractivity contribution in [2.75, 3.05) is 13.3 Å². The Bertz CT molecular complexity index is 542. The van der Waals surface area contributed by atoms with E-state index < -0.39 is 0 Å². The lowest BCUT2D eigenvalue weighted by Crippen LogP contribution is -2.06. The SMILES string of the molecule is CNCc1ccc(Cl)cc1Oc1ccc(SC)cc1. The number of hydrogen-bond acceptors (Lipinski definition) is 3. The van der Waals surface area contributed by atoms with Crippen LogP contribution in [0.25, 0.3) is 0 Å². The van der Waals surface area contributed by atoms with Gasteiger partial charge >= 0.3 is 0 Å². The Morgan fingerprint density at radius 3 is 2.53 bits per heavy atom. The predicted octanol–water partition coefficient (Wildman–Crippen LogP) is 4.57. The van der Waals surface area contributed by atoms with Crippen molar-refractivity contribution < 1.29 is 4.74 Å². The van der Waals surface area contributed by atoms with Crippen LogP contribution in [0.4, 0.5) is 0 Å². The van der Waals surface area contributed by atoms with Crippen LogP contribution in [-0.2, 0) is 6.54 Å². The molecule has 0 aliphatic carbocycles. The molecule has 0 amide bonds. The topological polar surface area (TPSA) is 21.3 Å². The molecule has 2 rings (SSSR count). The van der Waals surface area contributed by atoms with E-state index in [1.54, 1.807) is 11.8 Å². The zero-order chi connectivity index (χ0) is 13.7. The summed E-state index contributed by atoms with van der Waals surface area (Å²) in [7, 11) is 1.91. The number of ether oxygens (including phenoxy) is 1. The minimum atomic E-state index is 0.676. The molecular formula is C15H16ClNOS. The van der Waals surface area contributed by atoms with Gasteiger partial charge in [-0.2, -0.15) is 0 Å². The molecule has 0 aromatic heterocycles. The minimum Gasteiger partial charge on any atom is -0.457 e. The molecule has 0 spiro atoms. The van der Waals surface area contributed by atoms with Crippen LogP contribution in [-0.4, -0.2) is 13.3 Å². The van der Waals surface area contributed by atoms with Gasteiger partial charge in [-0.1, -0.05) is 17.7 Å². The second-order valence-electron chi connectivity index (χ2n) is 4.06. The fourth-order valence-electron chi connectivity index (χ4n) is 1.73. The zero-order valence-corrected chi connectivity index (χ0v) is 12.5. The fourth-order valence-corrected chi connectivity index (χ4v) is 2.30. The van der Waals surface area contributed by atoms with E-state index >= 15 is 0 Å². The molecule has 0 aliphatic rings. The maximum absolute atomic E-state index is 6.03. The van der Waals surface area contributed by atoms with Gasteiger partial charge in [-0.15, -0.1) is 11.8 Å². The molecule has 0 bridgehead atoms. The second kappa shape index (κ2) is 6.85.